The molecule has 142 valence electrons. The smallest absolute Gasteiger partial charge is 0.191 e. The molecular weight excluding hydrogens is 314 g/mol. The van der Waals surface area contributed by atoms with E-state index >= 15 is 0 Å². The number of unbranched alkanes of at least 4 members (excludes halogenated alkanes) is 1. The molecule has 0 fully saturated rings. The molecule has 0 bridgehead atoms. The third-order valence-corrected chi connectivity index (χ3v) is 4.06. The predicted octanol–water partition coefficient (Wildman–Crippen LogP) is 3.34. The van der Waals surface area contributed by atoms with Crippen LogP contribution in [-0.4, -0.2) is 45.9 Å². The molecule has 0 unspecified atom stereocenters. The van der Waals surface area contributed by atoms with Gasteiger partial charge in [0.25, 0.3) is 0 Å². The highest BCUT2D eigenvalue weighted by molar-refractivity contribution is 5.79. The first-order chi connectivity index (χ1) is 12.0. The van der Waals surface area contributed by atoms with Gasteiger partial charge in [-0.25, -0.2) is 0 Å². The summed E-state index contributed by atoms with van der Waals surface area (Å²) in [4.78, 5) is 4.77. The molecule has 5 nitrogen and oxygen atoms in total. The first-order valence-corrected chi connectivity index (χ1v) is 9.28. The first kappa shape index (κ1) is 21.3. The third-order valence-electron chi connectivity index (χ3n) is 4.06. The second-order valence-corrected chi connectivity index (χ2v) is 6.64. The first-order valence-electron chi connectivity index (χ1n) is 9.28. The quantitative estimate of drug-likeness (QED) is 0.365. The van der Waals surface area contributed by atoms with Crippen molar-refractivity contribution in [2.24, 2.45) is 4.99 Å². The highest BCUT2D eigenvalue weighted by Crippen LogP contribution is 2.25. The van der Waals surface area contributed by atoms with Crippen molar-refractivity contribution in [2.75, 3.05) is 40.0 Å². The Kier molecular flexibility index (Phi) is 10.0. The van der Waals surface area contributed by atoms with Crippen LogP contribution in [0.15, 0.2) is 29.3 Å². The molecule has 2 N–H and O–H groups in total. The maximum atomic E-state index is 5.36. The van der Waals surface area contributed by atoms with Crippen molar-refractivity contribution in [1.82, 2.24) is 10.6 Å². The van der Waals surface area contributed by atoms with Crippen molar-refractivity contribution in [3.63, 3.8) is 0 Å². The lowest BCUT2D eigenvalue weighted by Crippen LogP contribution is -2.39. The van der Waals surface area contributed by atoms with E-state index in [1.165, 1.54) is 5.56 Å². The van der Waals surface area contributed by atoms with Crippen LogP contribution in [0.5, 0.6) is 5.75 Å². The standard InChI is InChI=1S/C20H35N3O2/c1-6-21-19(22-14-8-9-15-25-7-2)23-16-20(3,4)17-10-12-18(24-5)13-11-17/h10-13H,6-9,14-16H2,1-5H3,(H2,21,22,23). The number of aliphatic imine (C=N–C) groups is 1. The minimum absolute atomic E-state index is 0.0381. The summed E-state index contributed by atoms with van der Waals surface area (Å²) in [5.74, 6) is 1.76. The van der Waals surface area contributed by atoms with Crippen LogP contribution in [0.2, 0.25) is 0 Å². The number of hydrogen-bond acceptors (Lipinski definition) is 3. The third kappa shape index (κ3) is 8.25. The maximum Gasteiger partial charge on any atom is 0.191 e. The zero-order valence-corrected chi connectivity index (χ0v) is 16.5. The van der Waals surface area contributed by atoms with Crippen LogP contribution >= 0.6 is 0 Å². The fourth-order valence-electron chi connectivity index (χ4n) is 2.43. The minimum atomic E-state index is -0.0381. The summed E-state index contributed by atoms with van der Waals surface area (Å²) in [5.41, 5.74) is 1.22. The summed E-state index contributed by atoms with van der Waals surface area (Å²) < 4.78 is 10.6. The van der Waals surface area contributed by atoms with Gasteiger partial charge in [-0.1, -0.05) is 26.0 Å². The van der Waals surface area contributed by atoms with E-state index in [1.54, 1.807) is 7.11 Å². The summed E-state index contributed by atoms with van der Waals surface area (Å²) in [6.07, 6.45) is 2.14. The molecule has 0 saturated carbocycles. The average Bonchev–Trinajstić information content (AvgIpc) is 2.62. The second-order valence-electron chi connectivity index (χ2n) is 6.64. The maximum absolute atomic E-state index is 5.36. The van der Waals surface area contributed by atoms with E-state index in [0.29, 0.717) is 6.54 Å². The Morgan fingerprint density at radius 2 is 1.80 bits per heavy atom. The van der Waals surface area contributed by atoms with Crippen LogP contribution in [0.25, 0.3) is 0 Å². The van der Waals surface area contributed by atoms with E-state index in [0.717, 1.165) is 50.9 Å². The minimum Gasteiger partial charge on any atom is -0.497 e. The zero-order chi connectivity index (χ0) is 18.5. The molecule has 0 saturated heterocycles. The predicted molar refractivity (Wildman–Crippen MR) is 106 cm³/mol. The van der Waals surface area contributed by atoms with Gasteiger partial charge in [0.2, 0.25) is 0 Å². The topological polar surface area (TPSA) is 54.9 Å². The number of nitrogens with zero attached hydrogens (tertiary/aromatic N) is 1. The molecule has 0 aliphatic heterocycles. The van der Waals surface area contributed by atoms with E-state index < -0.39 is 0 Å². The molecule has 0 radical (unpaired) electrons. The molecule has 25 heavy (non-hydrogen) atoms. The fraction of sp³-hybridized carbons (Fsp3) is 0.650. The van der Waals surface area contributed by atoms with Crippen molar-refractivity contribution in [1.29, 1.82) is 0 Å². The molecule has 0 aromatic heterocycles. The summed E-state index contributed by atoms with van der Waals surface area (Å²) in [7, 11) is 1.69. The lowest BCUT2D eigenvalue weighted by molar-refractivity contribution is 0.143. The van der Waals surface area contributed by atoms with Gasteiger partial charge in [-0.2, -0.15) is 0 Å². The van der Waals surface area contributed by atoms with Gasteiger partial charge in [0, 0.05) is 31.7 Å². The number of rotatable bonds is 11. The van der Waals surface area contributed by atoms with E-state index in [4.69, 9.17) is 14.5 Å². The van der Waals surface area contributed by atoms with Gasteiger partial charge >= 0.3 is 0 Å². The van der Waals surface area contributed by atoms with Crippen LogP contribution in [0.1, 0.15) is 46.1 Å². The van der Waals surface area contributed by atoms with Crippen LogP contribution < -0.4 is 15.4 Å². The van der Waals surface area contributed by atoms with Crippen molar-refractivity contribution >= 4 is 5.96 Å². The number of benzene rings is 1. The Morgan fingerprint density at radius 3 is 2.40 bits per heavy atom. The Labute approximate surface area is 153 Å². The highest BCUT2D eigenvalue weighted by atomic mass is 16.5. The summed E-state index contributed by atoms with van der Waals surface area (Å²) in [6, 6.07) is 8.23. The number of hydrogen-bond donors (Lipinski definition) is 2. The molecule has 0 aliphatic carbocycles. The van der Waals surface area contributed by atoms with Gasteiger partial charge in [-0.15, -0.1) is 0 Å². The second kappa shape index (κ2) is 11.7. The molecular formula is C20H35N3O2. The number of guanidine groups is 1. The highest BCUT2D eigenvalue weighted by Gasteiger charge is 2.20. The largest absolute Gasteiger partial charge is 0.497 e. The molecule has 1 aromatic rings. The molecule has 1 rings (SSSR count). The normalized spacial score (nSPS) is 12.1. The SMILES string of the molecule is CCNC(=NCC(C)(C)c1ccc(OC)cc1)NCCCCOCC. The Morgan fingerprint density at radius 1 is 1.08 bits per heavy atom. The van der Waals surface area contributed by atoms with E-state index in [-0.39, 0.29) is 5.41 Å². The van der Waals surface area contributed by atoms with Gasteiger partial charge in [0.1, 0.15) is 5.75 Å². The monoisotopic (exact) mass is 349 g/mol. The van der Waals surface area contributed by atoms with E-state index in [9.17, 15) is 0 Å². The van der Waals surface area contributed by atoms with Crippen molar-refractivity contribution in [3.8, 4) is 5.75 Å². The number of methoxy groups -OCH3 is 1. The number of nitrogens with one attached hydrogen (secondary N) is 2. The molecule has 0 spiro atoms. The molecule has 5 heteroatoms. The molecule has 0 atom stereocenters. The Hall–Kier alpha value is -1.75. The zero-order valence-electron chi connectivity index (χ0n) is 16.5. The van der Waals surface area contributed by atoms with E-state index in [1.807, 2.05) is 19.1 Å². The Bertz CT molecular complexity index is 498. The van der Waals surface area contributed by atoms with Crippen LogP contribution in [0.3, 0.4) is 0 Å². The fourth-order valence-corrected chi connectivity index (χ4v) is 2.43. The molecule has 1 aromatic carbocycles. The lowest BCUT2D eigenvalue weighted by atomic mass is 9.85. The van der Waals surface area contributed by atoms with Gasteiger partial charge in [0.15, 0.2) is 5.96 Å². The van der Waals surface area contributed by atoms with Gasteiger partial charge < -0.3 is 20.1 Å². The number of ether oxygens (including phenoxy) is 2. The lowest BCUT2D eigenvalue weighted by Gasteiger charge is -2.24. The van der Waals surface area contributed by atoms with Crippen molar-refractivity contribution < 1.29 is 9.47 Å². The Balaban J connectivity index is 2.55. The van der Waals surface area contributed by atoms with Gasteiger partial charge in [-0.05, 0) is 44.4 Å². The van der Waals surface area contributed by atoms with E-state index in [2.05, 4.69) is 43.5 Å². The summed E-state index contributed by atoms with van der Waals surface area (Å²) in [5, 5.41) is 6.72. The van der Waals surface area contributed by atoms with Crippen molar-refractivity contribution in [2.45, 2.75) is 46.0 Å². The van der Waals surface area contributed by atoms with Crippen LogP contribution in [0, 0.1) is 0 Å². The van der Waals surface area contributed by atoms with Gasteiger partial charge in [-0.3, -0.25) is 4.99 Å². The summed E-state index contributed by atoms with van der Waals surface area (Å²) >= 11 is 0. The summed E-state index contributed by atoms with van der Waals surface area (Å²) in [6.45, 7) is 12.6. The van der Waals surface area contributed by atoms with Crippen LogP contribution in [0.4, 0.5) is 0 Å². The van der Waals surface area contributed by atoms with Gasteiger partial charge in [0.05, 0.1) is 13.7 Å². The van der Waals surface area contributed by atoms with Crippen LogP contribution in [-0.2, 0) is 10.2 Å². The van der Waals surface area contributed by atoms with Crippen molar-refractivity contribution in [3.05, 3.63) is 29.8 Å². The molecule has 0 heterocycles. The molecule has 0 amide bonds. The average molecular weight is 350 g/mol. The molecule has 0 aliphatic rings.